The van der Waals surface area contributed by atoms with Crippen LogP contribution in [0, 0.1) is 0 Å². The molecule has 6 heavy (non-hydrogen) atoms. The van der Waals surface area contributed by atoms with Gasteiger partial charge >= 0.3 is 0 Å². The average Bonchev–Trinajstić information content (AvgIpc) is 1.61. The number of alkyl halides is 1. The summed E-state index contributed by atoms with van der Waals surface area (Å²) in [5.41, 5.74) is 0. The van der Waals surface area contributed by atoms with Gasteiger partial charge in [0.15, 0.2) is 0 Å². The first-order chi connectivity index (χ1) is 2.91. The van der Waals surface area contributed by atoms with Gasteiger partial charge in [0.1, 0.15) is 0 Å². The third-order valence-corrected chi connectivity index (χ3v) is 1.44. The lowest BCUT2D eigenvalue weighted by Crippen LogP contribution is -1.74. The van der Waals surface area contributed by atoms with Crippen molar-refractivity contribution in [1.82, 2.24) is 0 Å². The van der Waals surface area contributed by atoms with E-state index in [1.807, 2.05) is 0 Å². The summed E-state index contributed by atoms with van der Waals surface area (Å²) < 4.78 is 11.2. The van der Waals surface area contributed by atoms with Crippen LogP contribution in [-0.2, 0) is 0 Å². The molecule has 38 valence electrons. The predicted molar refractivity (Wildman–Crippen MR) is 30.0 cm³/mol. The minimum absolute atomic E-state index is 0.123. The first-order valence-corrected chi connectivity index (χ1v) is 3.89. The molecule has 0 saturated heterocycles. The Morgan fingerprint density at radius 3 is 2.17 bits per heavy atom. The minimum atomic E-state index is -0.123. The van der Waals surface area contributed by atoms with E-state index in [0.29, 0.717) is 0 Å². The van der Waals surface area contributed by atoms with Crippen molar-refractivity contribution in [2.45, 2.75) is 18.9 Å². The molecule has 0 aromatic rings. The lowest BCUT2D eigenvalue weighted by molar-refractivity contribution is 0.469. The molecule has 0 rings (SSSR count). The molecule has 0 radical (unpaired) electrons. The zero-order valence-electron chi connectivity index (χ0n) is 4.21. The highest BCUT2D eigenvalue weighted by Gasteiger charge is 1.78. The standard InChI is InChI=1S/C4H11FSi/c5-3-1-2-4-6/h1-4H2,6H3. The van der Waals surface area contributed by atoms with Crippen molar-refractivity contribution in [2.24, 2.45) is 0 Å². The maximum absolute atomic E-state index is 11.2. The van der Waals surface area contributed by atoms with Gasteiger partial charge < -0.3 is 0 Å². The molecular weight excluding hydrogens is 95.1 g/mol. The van der Waals surface area contributed by atoms with E-state index < -0.39 is 0 Å². The van der Waals surface area contributed by atoms with Crippen LogP contribution in [0.25, 0.3) is 0 Å². The second-order valence-electron chi connectivity index (χ2n) is 1.40. The topological polar surface area (TPSA) is 0 Å². The molecule has 0 aromatic carbocycles. The lowest BCUT2D eigenvalue weighted by atomic mass is 10.4. The third kappa shape index (κ3) is 4.15. The minimum Gasteiger partial charge on any atom is -0.251 e. The van der Waals surface area contributed by atoms with Crippen molar-refractivity contribution >= 4 is 10.2 Å². The van der Waals surface area contributed by atoms with Crippen molar-refractivity contribution in [2.75, 3.05) is 6.67 Å². The Kier molecular flexibility index (Phi) is 5.27. The van der Waals surface area contributed by atoms with Gasteiger partial charge in [-0.3, -0.25) is 4.39 Å². The molecule has 0 unspecified atom stereocenters. The molecular formula is C4H11FSi. The Balaban J connectivity index is 2.34. The second kappa shape index (κ2) is 5.15. The van der Waals surface area contributed by atoms with Crippen LogP contribution in [-0.4, -0.2) is 16.9 Å². The Labute approximate surface area is 41.2 Å². The average molecular weight is 106 g/mol. The summed E-state index contributed by atoms with van der Waals surface area (Å²) in [4.78, 5) is 0. The molecule has 0 aliphatic rings. The molecule has 0 spiro atoms. The summed E-state index contributed by atoms with van der Waals surface area (Å²) in [7, 11) is 1.24. The number of unbranched alkanes of at least 4 members (excludes halogenated alkanes) is 1. The number of hydrogen-bond acceptors (Lipinski definition) is 0. The van der Waals surface area contributed by atoms with Gasteiger partial charge in [0.2, 0.25) is 0 Å². The molecule has 0 fully saturated rings. The van der Waals surface area contributed by atoms with Gasteiger partial charge in [-0.25, -0.2) is 0 Å². The van der Waals surface area contributed by atoms with Gasteiger partial charge in [0, 0.05) is 10.2 Å². The van der Waals surface area contributed by atoms with Crippen LogP contribution in [0.4, 0.5) is 4.39 Å². The maximum atomic E-state index is 11.2. The highest BCUT2D eigenvalue weighted by Crippen LogP contribution is 1.90. The van der Waals surface area contributed by atoms with Crippen LogP contribution in [0.3, 0.4) is 0 Å². The fraction of sp³-hybridized carbons (Fsp3) is 1.00. The van der Waals surface area contributed by atoms with Crippen molar-refractivity contribution in [3.8, 4) is 0 Å². The van der Waals surface area contributed by atoms with E-state index in [4.69, 9.17) is 0 Å². The van der Waals surface area contributed by atoms with E-state index in [-0.39, 0.29) is 6.67 Å². The van der Waals surface area contributed by atoms with Crippen LogP contribution in [0.15, 0.2) is 0 Å². The lowest BCUT2D eigenvalue weighted by Gasteiger charge is -1.83. The summed E-state index contributed by atoms with van der Waals surface area (Å²) in [6.07, 6.45) is 1.88. The molecule has 0 atom stereocenters. The fourth-order valence-electron chi connectivity index (χ4n) is 0.344. The van der Waals surface area contributed by atoms with E-state index in [1.165, 1.54) is 16.3 Å². The van der Waals surface area contributed by atoms with E-state index in [2.05, 4.69) is 0 Å². The molecule has 0 saturated carbocycles. The maximum Gasteiger partial charge on any atom is 0.0894 e. The summed E-state index contributed by atoms with van der Waals surface area (Å²) >= 11 is 0. The van der Waals surface area contributed by atoms with Gasteiger partial charge in [-0.1, -0.05) is 12.5 Å². The zero-order chi connectivity index (χ0) is 4.83. The SMILES string of the molecule is FCCCC[SiH3]. The molecule has 0 bridgehead atoms. The van der Waals surface area contributed by atoms with Gasteiger partial charge in [-0.15, -0.1) is 0 Å². The van der Waals surface area contributed by atoms with Crippen LogP contribution < -0.4 is 0 Å². The molecule has 0 aliphatic heterocycles. The Bertz CT molecular complexity index is 19.5. The quantitative estimate of drug-likeness (QED) is 0.363. The zero-order valence-corrected chi connectivity index (χ0v) is 6.21. The summed E-state index contributed by atoms with van der Waals surface area (Å²) in [5.74, 6) is 0. The highest BCUT2D eigenvalue weighted by atomic mass is 28.1. The van der Waals surface area contributed by atoms with Gasteiger partial charge in [-0.2, -0.15) is 0 Å². The second-order valence-corrected chi connectivity index (χ2v) is 2.40. The summed E-state index contributed by atoms with van der Waals surface area (Å²) in [6, 6.07) is 1.25. The highest BCUT2D eigenvalue weighted by molar-refractivity contribution is 6.08. The van der Waals surface area contributed by atoms with Gasteiger partial charge in [0.25, 0.3) is 0 Å². The van der Waals surface area contributed by atoms with E-state index in [1.54, 1.807) is 0 Å². The van der Waals surface area contributed by atoms with Gasteiger partial charge in [-0.05, 0) is 6.42 Å². The summed E-state index contributed by atoms with van der Waals surface area (Å²) in [5, 5.41) is 0. The first kappa shape index (κ1) is 6.15. The molecule has 2 heteroatoms. The summed E-state index contributed by atoms with van der Waals surface area (Å²) in [6.45, 7) is -0.123. The molecule has 0 nitrogen and oxygen atoms in total. The van der Waals surface area contributed by atoms with E-state index in [9.17, 15) is 4.39 Å². The molecule has 0 N–H and O–H groups in total. The van der Waals surface area contributed by atoms with Crippen molar-refractivity contribution in [3.05, 3.63) is 0 Å². The Morgan fingerprint density at radius 1 is 1.33 bits per heavy atom. The first-order valence-electron chi connectivity index (χ1n) is 2.47. The van der Waals surface area contributed by atoms with Gasteiger partial charge in [0.05, 0.1) is 6.67 Å². The number of rotatable bonds is 3. The van der Waals surface area contributed by atoms with Crippen molar-refractivity contribution < 1.29 is 4.39 Å². The van der Waals surface area contributed by atoms with Crippen LogP contribution in [0.1, 0.15) is 12.8 Å². The molecule has 0 aliphatic carbocycles. The van der Waals surface area contributed by atoms with E-state index >= 15 is 0 Å². The smallest absolute Gasteiger partial charge is 0.0894 e. The fourth-order valence-corrected chi connectivity index (χ4v) is 0.844. The Morgan fingerprint density at radius 2 is 2.00 bits per heavy atom. The third-order valence-electron chi connectivity index (χ3n) is 0.737. The van der Waals surface area contributed by atoms with Crippen LogP contribution in [0.5, 0.6) is 0 Å². The van der Waals surface area contributed by atoms with Crippen LogP contribution in [0.2, 0.25) is 6.04 Å². The Hall–Kier alpha value is 0.147. The predicted octanol–water partition coefficient (Wildman–Crippen LogP) is 0.520. The normalized spacial score (nSPS) is 9.50. The van der Waals surface area contributed by atoms with Crippen LogP contribution >= 0.6 is 0 Å². The monoisotopic (exact) mass is 106 g/mol. The van der Waals surface area contributed by atoms with Crippen molar-refractivity contribution in [1.29, 1.82) is 0 Å². The largest absolute Gasteiger partial charge is 0.251 e. The molecule has 0 aromatic heterocycles. The number of hydrogen-bond donors (Lipinski definition) is 0. The molecule has 0 heterocycles. The number of halogens is 1. The van der Waals surface area contributed by atoms with E-state index in [0.717, 1.165) is 12.8 Å². The van der Waals surface area contributed by atoms with Crippen molar-refractivity contribution in [3.63, 3.8) is 0 Å². The molecule has 0 amide bonds.